The first-order valence-corrected chi connectivity index (χ1v) is 7.61. The van der Waals surface area contributed by atoms with Crippen molar-refractivity contribution in [2.24, 2.45) is 0 Å². The average Bonchev–Trinajstić information content (AvgIpc) is 2.47. The van der Waals surface area contributed by atoms with E-state index in [-0.39, 0.29) is 0 Å². The van der Waals surface area contributed by atoms with Crippen LogP contribution in [0.25, 0.3) is 0 Å². The molecule has 0 aromatic heterocycles. The lowest BCUT2D eigenvalue weighted by molar-refractivity contribution is 0.0693. The van der Waals surface area contributed by atoms with Crippen LogP contribution in [-0.4, -0.2) is 11.1 Å². The normalized spacial score (nSPS) is 10.4. The van der Waals surface area contributed by atoms with Crippen LogP contribution in [0.4, 0.5) is 0 Å². The molecule has 0 atom stereocenters. The lowest BCUT2D eigenvalue weighted by atomic mass is 10.1. The second kappa shape index (κ2) is 7.15. The number of carboxylic acid groups (broad SMARTS) is 1. The number of aromatic carboxylic acids is 1. The molecule has 2 nitrogen and oxygen atoms in total. The molecule has 0 aliphatic carbocycles. The van der Waals surface area contributed by atoms with Crippen LogP contribution in [0.5, 0.6) is 0 Å². The molecule has 3 heteroatoms. The van der Waals surface area contributed by atoms with E-state index < -0.39 is 5.97 Å². The monoisotopic (exact) mass is 286 g/mol. The van der Waals surface area contributed by atoms with Crippen molar-refractivity contribution in [3.05, 3.63) is 59.7 Å². The maximum Gasteiger partial charge on any atom is 0.336 e. The SMILES string of the molecule is CCCCc1ccc(Sc2ccccc2C(=O)O)cc1. The number of benzene rings is 2. The molecule has 0 radical (unpaired) electrons. The third-order valence-corrected chi connectivity index (χ3v) is 4.17. The number of rotatable bonds is 6. The fraction of sp³-hybridized carbons (Fsp3) is 0.235. The molecule has 0 aliphatic heterocycles. The summed E-state index contributed by atoms with van der Waals surface area (Å²) >= 11 is 1.49. The molecule has 1 N–H and O–H groups in total. The van der Waals surface area contributed by atoms with Crippen LogP contribution in [-0.2, 0) is 6.42 Å². The molecular formula is C17H18O2S. The maximum absolute atomic E-state index is 11.2. The van der Waals surface area contributed by atoms with Gasteiger partial charge in [-0.25, -0.2) is 4.79 Å². The molecular weight excluding hydrogens is 268 g/mol. The quantitative estimate of drug-likeness (QED) is 0.822. The molecule has 2 rings (SSSR count). The van der Waals surface area contributed by atoms with Gasteiger partial charge < -0.3 is 5.11 Å². The number of carboxylic acids is 1. The molecule has 0 saturated heterocycles. The Kier molecular flexibility index (Phi) is 5.24. The van der Waals surface area contributed by atoms with E-state index >= 15 is 0 Å². The number of hydrogen-bond donors (Lipinski definition) is 1. The van der Waals surface area contributed by atoms with Gasteiger partial charge in [0.25, 0.3) is 0 Å². The number of unbranched alkanes of at least 4 members (excludes halogenated alkanes) is 1. The molecule has 104 valence electrons. The fourth-order valence-electron chi connectivity index (χ4n) is 1.96. The van der Waals surface area contributed by atoms with E-state index in [9.17, 15) is 9.90 Å². The van der Waals surface area contributed by atoms with Gasteiger partial charge in [-0.1, -0.05) is 49.4 Å². The van der Waals surface area contributed by atoms with Gasteiger partial charge in [-0.05, 0) is 42.7 Å². The molecule has 2 aromatic carbocycles. The van der Waals surface area contributed by atoms with Crippen LogP contribution in [0.3, 0.4) is 0 Å². The van der Waals surface area contributed by atoms with Crippen molar-refractivity contribution in [3.63, 3.8) is 0 Å². The Bertz CT molecular complexity index is 576. The summed E-state index contributed by atoms with van der Waals surface area (Å²) < 4.78 is 0. The third kappa shape index (κ3) is 3.87. The minimum Gasteiger partial charge on any atom is -0.478 e. The molecule has 0 heterocycles. The summed E-state index contributed by atoms with van der Waals surface area (Å²) in [4.78, 5) is 13.0. The molecule has 0 amide bonds. The highest BCUT2D eigenvalue weighted by atomic mass is 32.2. The predicted molar refractivity (Wildman–Crippen MR) is 82.6 cm³/mol. The molecule has 0 aliphatic rings. The summed E-state index contributed by atoms with van der Waals surface area (Å²) in [6.07, 6.45) is 3.50. The predicted octanol–water partition coefficient (Wildman–Crippen LogP) is 4.88. The second-order valence-corrected chi connectivity index (χ2v) is 5.77. The third-order valence-electron chi connectivity index (χ3n) is 3.09. The van der Waals surface area contributed by atoms with Gasteiger partial charge in [0.15, 0.2) is 0 Å². The van der Waals surface area contributed by atoms with Crippen molar-refractivity contribution in [1.82, 2.24) is 0 Å². The topological polar surface area (TPSA) is 37.3 Å². The highest BCUT2D eigenvalue weighted by Crippen LogP contribution is 2.30. The largest absolute Gasteiger partial charge is 0.478 e. The van der Waals surface area contributed by atoms with Gasteiger partial charge >= 0.3 is 5.97 Å². The summed E-state index contributed by atoms with van der Waals surface area (Å²) in [7, 11) is 0. The van der Waals surface area contributed by atoms with E-state index in [1.165, 1.54) is 30.2 Å². The summed E-state index contributed by atoms with van der Waals surface area (Å²) in [6.45, 7) is 2.19. The summed E-state index contributed by atoms with van der Waals surface area (Å²) in [6, 6.07) is 15.5. The average molecular weight is 286 g/mol. The van der Waals surface area contributed by atoms with Gasteiger partial charge in [-0.3, -0.25) is 0 Å². The molecule has 0 fully saturated rings. The molecule has 0 bridgehead atoms. The van der Waals surface area contributed by atoms with Gasteiger partial charge in [0.1, 0.15) is 0 Å². The first-order valence-electron chi connectivity index (χ1n) is 6.80. The van der Waals surface area contributed by atoms with Gasteiger partial charge in [0.05, 0.1) is 5.56 Å². The van der Waals surface area contributed by atoms with Crippen molar-refractivity contribution in [2.75, 3.05) is 0 Å². The van der Waals surface area contributed by atoms with Crippen LogP contribution < -0.4 is 0 Å². The van der Waals surface area contributed by atoms with Crippen LogP contribution in [0.2, 0.25) is 0 Å². The minimum atomic E-state index is -0.882. The summed E-state index contributed by atoms with van der Waals surface area (Å²) in [5.41, 5.74) is 1.69. The van der Waals surface area contributed by atoms with E-state index in [2.05, 4.69) is 31.2 Å². The van der Waals surface area contributed by atoms with Crippen molar-refractivity contribution in [1.29, 1.82) is 0 Å². The highest BCUT2D eigenvalue weighted by Gasteiger charge is 2.09. The summed E-state index contributed by atoms with van der Waals surface area (Å²) in [5.74, 6) is -0.882. The van der Waals surface area contributed by atoms with Crippen LogP contribution in [0, 0.1) is 0 Å². The van der Waals surface area contributed by atoms with E-state index in [1.54, 1.807) is 12.1 Å². The Labute approximate surface area is 123 Å². The van der Waals surface area contributed by atoms with E-state index in [1.807, 2.05) is 12.1 Å². The molecule has 2 aromatic rings. The number of aryl methyl sites for hydroxylation is 1. The maximum atomic E-state index is 11.2. The zero-order valence-electron chi connectivity index (χ0n) is 11.5. The Morgan fingerprint density at radius 1 is 1.10 bits per heavy atom. The zero-order chi connectivity index (χ0) is 14.4. The molecule has 20 heavy (non-hydrogen) atoms. The lowest BCUT2D eigenvalue weighted by Gasteiger charge is -2.06. The highest BCUT2D eigenvalue weighted by molar-refractivity contribution is 7.99. The van der Waals surface area contributed by atoms with Gasteiger partial charge in [0.2, 0.25) is 0 Å². The standard InChI is InChI=1S/C17H18O2S/c1-2-3-6-13-9-11-14(12-10-13)20-16-8-5-4-7-15(16)17(18)19/h4-5,7-12H,2-3,6H2,1H3,(H,18,19). The molecule has 0 spiro atoms. The Morgan fingerprint density at radius 3 is 2.45 bits per heavy atom. The number of carbonyl (C=O) groups is 1. The Hall–Kier alpha value is -1.74. The van der Waals surface area contributed by atoms with Crippen LogP contribution >= 0.6 is 11.8 Å². The number of hydrogen-bond acceptors (Lipinski definition) is 2. The summed E-state index contributed by atoms with van der Waals surface area (Å²) in [5, 5.41) is 9.17. The van der Waals surface area contributed by atoms with Crippen molar-refractivity contribution in [2.45, 2.75) is 36.0 Å². The van der Waals surface area contributed by atoms with E-state index in [4.69, 9.17) is 0 Å². The first-order chi connectivity index (χ1) is 9.70. The van der Waals surface area contributed by atoms with Gasteiger partial charge in [-0.15, -0.1) is 0 Å². The van der Waals surface area contributed by atoms with Crippen molar-refractivity contribution in [3.8, 4) is 0 Å². The van der Waals surface area contributed by atoms with Crippen LogP contribution in [0.15, 0.2) is 58.3 Å². The lowest BCUT2D eigenvalue weighted by Crippen LogP contribution is -1.97. The Balaban J connectivity index is 2.12. The van der Waals surface area contributed by atoms with E-state index in [0.29, 0.717) is 5.56 Å². The smallest absolute Gasteiger partial charge is 0.336 e. The van der Waals surface area contributed by atoms with Crippen molar-refractivity contribution < 1.29 is 9.90 Å². The molecule has 0 saturated carbocycles. The van der Waals surface area contributed by atoms with Gasteiger partial charge in [0, 0.05) is 9.79 Å². The van der Waals surface area contributed by atoms with Crippen LogP contribution in [0.1, 0.15) is 35.7 Å². The van der Waals surface area contributed by atoms with Gasteiger partial charge in [-0.2, -0.15) is 0 Å². The first kappa shape index (κ1) is 14.7. The molecule has 0 unspecified atom stereocenters. The second-order valence-electron chi connectivity index (χ2n) is 4.65. The zero-order valence-corrected chi connectivity index (χ0v) is 12.3. The Morgan fingerprint density at radius 2 is 1.80 bits per heavy atom. The van der Waals surface area contributed by atoms with Crippen molar-refractivity contribution >= 4 is 17.7 Å². The van der Waals surface area contributed by atoms with E-state index in [0.717, 1.165) is 16.2 Å². The minimum absolute atomic E-state index is 0.354. The fourth-order valence-corrected chi connectivity index (χ4v) is 2.90.